The molecular formula is C21H18ClN5O4. The van der Waals surface area contributed by atoms with Gasteiger partial charge in [0.25, 0.3) is 11.4 Å². The molecule has 1 atom stereocenters. The van der Waals surface area contributed by atoms with Gasteiger partial charge in [0, 0.05) is 30.9 Å². The molecule has 0 spiro atoms. The summed E-state index contributed by atoms with van der Waals surface area (Å²) in [6.07, 6.45) is 2.11. The zero-order chi connectivity index (χ0) is 21.5. The SMILES string of the molecule is C[C@H](Oc1ccccc1-c1n[nH]c(=O)o1)c1cc(Cl)cn2c(=O)cc(N3CCC3)nc12. The zero-order valence-electron chi connectivity index (χ0n) is 16.5. The number of hydrogen-bond donors (Lipinski definition) is 1. The predicted octanol–water partition coefficient (Wildman–Crippen LogP) is 3.04. The minimum Gasteiger partial charge on any atom is -0.485 e. The average Bonchev–Trinajstić information content (AvgIpc) is 3.13. The molecule has 1 aliphatic heterocycles. The molecule has 9 nitrogen and oxygen atoms in total. The number of pyridine rings is 1. The molecule has 0 bridgehead atoms. The van der Waals surface area contributed by atoms with E-state index in [9.17, 15) is 9.59 Å². The van der Waals surface area contributed by atoms with E-state index in [1.165, 1.54) is 10.5 Å². The maximum atomic E-state index is 12.7. The van der Waals surface area contributed by atoms with Crippen LogP contribution in [0.2, 0.25) is 5.02 Å². The first-order chi connectivity index (χ1) is 15.0. The molecule has 158 valence electrons. The molecular weight excluding hydrogens is 422 g/mol. The summed E-state index contributed by atoms with van der Waals surface area (Å²) in [4.78, 5) is 30.9. The lowest BCUT2D eigenvalue weighted by molar-refractivity contribution is 0.228. The molecule has 0 amide bonds. The average molecular weight is 440 g/mol. The Bertz CT molecular complexity index is 1390. The van der Waals surface area contributed by atoms with Gasteiger partial charge in [0.2, 0.25) is 0 Å². The number of fused-ring (bicyclic) bond motifs is 1. The van der Waals surface area contributed by atoms with E-state index in [2.05, 4.69) is 15.1 Å². The van der Waals surface area contributed by atoms with Gasteiger partial charge in [-0.05, 0) is 31.5 Å². The summed E-state index contributed by atoms with van der Waals surface area (Å²) in [5, 5.41) is 6.52. The van der Waals surface area contributed by atoms with Crippen LogP contribution in [0.15, 0.2) is 56.6 Å². The van der Waals surface area contributed by atoms with Crippen LogP contribution < -0.4 is 21.0 Å². The second-order valence-electron chi connectivity index (χ2n) is 7.27. The Kier molecular flexibility index (Phi) is 4.74. The fourth-order valence-corrected chi connectivity index (χ4v) is 3.75. The van der Waals surface area contributed by atoms with Crippen LogP contribution in [0.25, 0.3) is 17.1 Å². The lowest BCUT2D eigenvalue weighted by atomic mass is 10.1. The van der Waals surface area contributed by atoms with E-state index in [4.69, 9.17) is 25.7 Å². The van der Waals surface area contributed by atoms with E-state index in [0.717, 1.165) is 19.5 Å². The van der Waals surface area contributed by atoms with E-state index in [0.29, 0.717) is 33.4 Å². The van der Waals surface area contributed by atoms with Crippen LogP contribution in [0.3, 0.4) is 0 Å². The summed E-state index contributed by atoms with van der Waals surface area (Å²) >= 11 is 6.30. The van der Waals surface area contributed by atoms with Crippen molar-refractivity contribution < 1.29 is 9.15 Å². The number of halogens is 1. The quantitative estimate of drug-likeness (QED) is 0.509. The van der Waals surface area contributed by atoms with Crippen LogP contribution in [-0.2, 0) is 0 Å². The Morgan fingerprint density at radius 1 is 1.23 bits per heavy atom. The number of nitrogens with one attached hydrogen (secondary N) is 1. The molecule has 1 aliphatic rings. The topological polar surface area (TPSA) is 106 Å². The van der Waals surface area contributed by atoms with Crippen molar-refractivity contribution in [1.29, 1.82) is 0 Å². The molecule has 5 rings (SSSR count). The Labute approximate surface area is 180 Å². The van der Waals surface area contributed by atoms with Gasteiger partial charge in [-0.3, -0.25) is 9.20 Å². The van der Waals surface area contributed by atoms with Gasteiger partial charge in [-0.25, -0.2) is 14.9 Å². The first kappa shape index (κ1) is 19.4. The third kappa shape index (κ3) is 3.57. The molecule has 3 aromatic heterocycles. The molecule has 1 saturated heterocycles. The summed E-state index contributed by atoms with van der Waals surface area (Å²) < 4.78 is 12.7. The highest BCUT2D eigenvalue weighted by molar-refractivity contribution is 6.30. The Balaban J connectivity index is 1.58. The molecule has 0 aliphatic carbocycles. The number of para-hydroxylation sites is 1. The van der Waals surface area contributed by atoms with Crippen molar-refractivity contribution in [2.75, 3.05) is 18.0 Å². The molecule has 0 radical (unpaired) electrons. The lowest BCUT2D eigenvalue weighted by Gasteiger charge is -2.32. The van der Waals surface area contributed by atoms with Crippen LogP contribution in [0, 0.1) is 0 Å². The third-order valence-corrected chi connectivity index (χ3v) is 5.43. The molecule has 10 heteroatoms. The van der Waals surface area contributed by atoms with Crippen molar-refractivity contribution in [2.24, 2.45) is 0 Å². The summed E-state index contributed by atoms with van der Waals surface area (Å²) in [6.45, 7) is 3.59. The fourth-order valence-electron chi connectivity index (χ4n) is 3.53. The van der Waals surface area contributed by atoms with Gasteiger partial charge in [0.05, 0.1) is 10.6 Å². The highest BCUT2D eigenvalue weighted by Crippen LogP contribution is 2.33. The van der Waals surface area contributed by atoms with Crippen LogP contribution >= 0.6 is 11.6 Å². The number of ether oxygens (including phenoxy) is 1. The highest BCUT2D eigenvalue weighted by atomic mass is 35.5. The minimum absolute atomic E-state index is 0.123. The van der Waals surface area contributed by atoms with E-state index >= 15 is 0 Å². The van der Waals surface area contributed by atoms with Gasteiger partial charge < -0.3 is 14.1 Å². The van der Waals surface area contributed by atoms with Crippen molar-refractivity contribution >= 4 is 23.1 Å². The number of H-pyrrole nitrogens is 1. The largest absolute Gasteiger partial charge is 0.485 e. The van der Waals surface area contributed by atoms with E-state index in [1.54, 1.807) is 36.5 Å². The number of aromatic amines is 1. The van der Waals surface area contributed by atoms with Crippen LogP contribution in [0.1, 0.15) is 25.0 Å². The molecule has 1 aromatic carbocycles. The number of rotatable bonds is 5. The molecule has 1 N–H and O–H groups in total. The Hall–Kier alpha value is -3.59. The minimum atomic E-state index is -0.652. The van der Waals surface area contributed by atoms with Gasteiger partial charge in [-0.1, -0.05) is 23.7 Å². The Morgan fingerprint density at radius 3 is 2.74 bits per heavy atom. The van der Waals surface area contributed by atoms with E-state index < -0.39 is 11.9 Å². The lowest BCUT2D eigenvalue weighted by Crippen LogP contribution is -2.38. The number of anilines is 1. The second-order valence-corrected chi connectivity index (χ2v) is 7.71. The summed E-state index contributed by atoms with van der Waals surface area (Å²) in [6, 6.07) is 10.3. The van der Waals surface area contributed by atoms with Crippen molar-refractivity contribution in [3.05, 3.63) is 74.1 Å². The van der Waals surface area contributed by atoms with Crippen molar-refractivity contribution in [2.45, 2.75) is 19.4 Å². The summed E-state index contributed by atoms with van der Waals surface area (Å²) in [5.74, 6) is 0.578. The maximum absolute atomic E-state index is 12.7. The first-order valence-corrected chi connectivity index (χ1v) is 10.2. The Morgan fingerprint density at radius 2 is 2.03 bits per heavy atom. The number of benzene rings is 1. The highest BCUT2D eigenvalue weighted by Gasteiger charge is 2.22. The maximum Gasteiger partial charge on any atom is 0.434 e. The summed E-state index contributed by atoms with van der Waals surface area (Å²) in [5.41, 5.74) is 1.45. The molecule has 4 aromatic rings. The molecule has 1 fully saturated rings. The van der Waals surface area contributed by atoms with Gasteiger partial charge >= 0.3 is 5.76 Å². The standard InChI is InChI=1S/C21H18ClN5O4/c1-12(30-16-6-3-2-5-14(16)20-24-25-21(29)31-20)15-9-13(22)11-27-18(28)10-17(23-19(15)27)26-7-4-8-26/h2-3,5-6,9-12H,4,7-8H2,1H3,(H,25,29)/t12-/m0/s1. The third-order valence-electron chi connectivity index (χ3n) is 5.22. The molecule has 31 heavy (non-hydrogen) atoms. The molecule has 0 unspecified atom stereocenters. The molecule has 4 heterocycles. The zero-order valence-corrected chi connectivity index (χ0v) is 17.3. The number of aromatic nitrogens is 4. The van der Waals surface area contributed by atoms with Crippen LogP contribution in [0.5, 0.6) is 5.75 Å². The predicted molar refractivity (Wildman–Crippen MR) is 115 cm³/mol. The number of nitrogens with zero attached hydrogens (tertiary/aromatic N) is 4. The van der Waals surface area contributed by atoms with E-state index in [-0.39, 0.29) is 11.4 Å². The number of hydrogen-bond acceptors (Lipinski definition) is 7. The monoisotopic (exact) mass is 439 g/mol. The summed E-state index contributed by atoms with van der Waals surface area (Å²) in [7, 11) is 0. The van der Waals surface area contributed by atoms with E-state index in [1.807, 2.05) is 6.92 Å². The van der Waals surface area contributed by atoms with Crippen molar-refractivity contribution in [3.63, 3.8) is 0 Å². The van der Waals surface area contributed by atoms with Gasteiger partial charge in [-0.15, -0.1) is 5.10 Å². The fraction of sp³-hybridized carbons (Fsp3) is 0.238. The van der Waals surface area contributed by atoms with Gasteiger partial charge in [-0.2, -0.15) is 0 Å². The van der Waals surface area contributed by atoms with Crippen molar-refractivity contribution in [3.8, 4) is 17.2 Å². The smallest absolute Gasteiger partial charge is 0.434 e. The van der Waals surface area contributed by atoms with Crippen LogP contribution in [-0.4, -0.2) is 32.7 Å². The van der Waals surface area contributed by atoms with Crippen molar-refractivity contribution in [1.82, 2.24) is 19.6 Å². The normalized spacial score (nSPS) is 14.5. The van der Waals surface area contributed by atoms with Crippen LogP contribution in [0.4, 0.5) is 5.82 Å². The van der Waals surface area contributed by atoms with Gasteiger partial charge in [0.1, 0.15) is 23.3 Å². The first-order valence-electron chi connectivity index (χ1n) is 9.79. The molecule has 0 saturated carbocycles. The second kappa shape index (κ2) is 7.59. The van der Waals surface area contributed by atoms with Gasteiger partial charge in [0.15, 0.2) is 0 Å².